The standard InChI is InChI=1S/C21H20ClN5O3.2ClH/c1-2-26-7-4-11(5-8-26)27-20(29)12-9-15-16(10-13(12)21(27)30)25-18(24-15)17-14(22)3-6-23-19(17)28;;/h3,6,9-11H,2,4-5,7-8H2,1H3,(H,23,28)(H,24,25);2*1H. The van der Waals surface area contributed by atoms with Gasteiger partial charge in [0.15, 0.2) is 0 Å². The van der Waals surface area contributed by atoms with Gasteiger partial charge in [-0.25, -0.2) is 4.98 Å². The van der Waals surface area contributed by atoms with Crippen molar-refractivity contribution in [3.63, 3.8) is 0 Å². The predicted octanol–water partition coefficient (Wildman–Crippen LogP) is 3.50. The molecule has 2 aliphatic rings. The van der Waals surface area contributed by atoms with E-state index >= 15 is 0 Å². The van der Waals surface area contributed by atoms with Gasteiger partial charge in [0.05, 0.1) is 27.2 Å². The molecule has 0 radical (unpaired) electrons. The monoisotopic (exact) mass is 497 g/mol. The number of hydrogen-bond donors (Lipinski definition) is 2. The van der Waals surface area contributed by atoms with Gasteiger partial charge in [-0.05, 0) is 37.6 Å². The molecule has 2 N–H and O–H groups in total. The number of halogens is 3. The van der Waals surface area contributed by atoms with Crippen LogP contribution < -0.4 is 5.56 Å². The number of nitrogens with one attached hydrogen (secondary N) is 2. The maximum atomic E-state index is 13.1. The smallest absolute Gasteiger partial charge is 0.261 e. The molecule has 1 saturated heterocycles. The van der Waals surface area contributed by atoms with Gasteiger partial charge in [-0.2, -0.15) is 0 Å². The van der Waals surface area contributed by atoms with Gasteiger partial charge in [0, 0.05) is 25.3 Å². The summed E-state index contributed by atoms with van der Waals surface area (Å²) in [7, 11) is 0. The van der Waals surface area contributed by atoms with E-state index in [-0.39, 0.29) is 58.8 Å². The number of likely N-dealkylation sites (tertiary alicyclic amines) is 1. The molecule has 0 saturated carbocycles. The lowest BCUT2D eigenvalue weighted by atomic mass is 10.0. The van der Waals surface area contributed by atoms with E-state index in [9.17, 15) is 14.4 Å². The number of pyridine rings is 1. The Labute approximate surface area is 201 Å². The van der Waals surface area contributed by atoms with E-state index in [4.69, 9.17) is 11.6 Å². The first kappa shape index (κ1) is 24.3. The highest BCUT2D eigenvalue weighted by molar-refractivity contribution is 6.33. The van der Waals surface area contributed by atoms with Crippen LogP contribution in [-0.2, 0) is 0 Å². The van der Waals surface area contributed by atoms with E-state index in [0.717, 1.165) is 32.5 Å². The number of piperidine rings is 1. The summed E-state index contributed by atoms with van der Waals surface area (Å²) in [6.45, 7) is 4.85. The van der Waals surface area contributed by atoms with Gasteiger partial charge in [-0.1, -0.05) is 18.5 Å². The minimum atomic E-state index is -0.370. The Hall–Kier alpha value is -2.39. The molecule has 5 rings (SSSR count). The first-order chi connectivity index (χ1) is 14.5. The topological polar surface area (TPSA) is 102 Å². The van der Waals surface area contributed by atoms with Gasteiger partial charge in [0.1, 0.15) is 11.4 Å². The quantitative estimate of drug-likeness (QED) is 0.538. The van der Waals surface area contributed by atoms with Crippen molar-refractivity contribution in [2.45, 2.75) is 25.8 Å². The average Bonchev–Trinajstić information content (AvgIpc) is 3.25. The van der Waals surface area contributed by atoms with E-state index in [0.29, 0.717) is 28.0 Å². The molecule has 2 aromatic heterocycles. The lowest BCUT2D eigenvalue weighted by molar-refractivity contribution is 0.0506. The summed E-state index contributed by atoms with van der Waals surface area (Å²) in [6, 6.07) is 4.76. The Bertz CT molecular complexity index is 1190. The number of imide groups is 1. The Morgan fingerprint density at radius 2 is 1.75 bits per heavy atom. The largest absolute Gasteiger partial charge is 0.338 e. The Morgan fingerprint density at radius 1 is 1.09 bits per heavy atom. The summed E-state index contributed by atoms with van der Waals surface area (Å²) in [5, 5.41) is 0.266. The molecular weight excluding hydrogens is 477 g/mol. The fourth-order valence-corrected chi connectivity index (χ4v) is 4.62. The lowest BCUT2D eigenvalue weighted by Crippen LogP contribution is -2.47. The number of aromatic amines is 2. The number of fused-ring (bicyclic) bond motifs is 2. The molecule has 2 amide bonds. The summed E-state index contributed by atoms with van der Waals surface area (Å²) in [5.41, 5.74) is 1.66. The fourth-order valence-electron chi connectivity index (χ4n) is 4.38. The maximum Gasteiger partial charge on any atom is 0.261 e. The van der Waals surface area contributed by atoms with Crippen LogP contribution >= 0.6 is 36.4 Å². The van der Waals surface area contributed by atoms with Crippen LogP contribution in [0.4, 0.5) is 0 Å². The van der Waals surface area contributed by atoms with Gasteiger partial charge < -0.3 is 14.9 Å². The highest BCUT2D eigenvalue weighted by Gasteiger charge is 2.41. The molecule has 1 fully saturated rings. The number of amides is 2. The molecule has 4 heterocycles. The number of rotatable bonds is 3. The summed E-state index contributed by atoms with van der Waals surface area (Å²) in [5.74, 6) is -0.241. The van der Waals surface area contributed by atoms with Crippen LogP contribution in [0.5, 0.6) is 0 Å². The van der Waals surface area contributed by atoms with Crippen LogP contribution in [0.3, 0.4) is 0 Å². The number of H-pyrrole nitrogens is 2. The third kappa shape index (κ3) is 3.81. The summed E-state index contributed by atoms with van der Waals surface area (Å²) in [6.07, 6.45) is 3.03. The molecule has 1 aromatic carbocycles. The SMILES string of the molecule is CCN1CCC(N2C(=O)c3cc4nc(-c5c(Cl)cc[nH]c5=O)[nH]c4cc3C2=O)CC1.Cl.Cl. The van der Waals surface area contributed by atoms with E-state index in [2.05, 4.69) is 26.8 Å². The van der Waals surface area contributed by atoms with Gasteiger partial charge in [-0.3, -0.25) is 19.3 Å². The number of nitrogens with zero attached hydrogens (tertiary/aromatic N) is 3. The van der Waals surface area contributed by atoms with E-state index in [1.807, 2.05) is 0 Å². The molecule has 0 spiro atoms. The van der Waals surface area contributed by atoms with Crippen molar-refractivity contribution >= 4 is 59.3 Å². The van der Waals surface area contributed by atoms with Gasteiger partial charge in [-0.15, -0.1) is 24.8 Å². The van der Waals surface area contributed by atoms with Crippen molar-refractivity contribution < 1.29 is 9.59 Å². The average molecular weight is 499 g/mol. The van der Waals surface area contributed by atoms with Crippen LogP contribution in [0.2, 0.25) is 5.02 Å². The number of carbonyl (C=O) groups excluding carboxylic acids is 2. The number of aromatic nitrogens is 3. The van der Waals surface area contributed by atoms with Crippen molar-refractivity contribution in [2.75, 3.05) is 19.6 Å². The summed E-state index contributed by atoms with van der Waals surface area (Å²) in [4.78, 5) is 52.1. The van der Waals surface area contributed by atoms with Crippen molar-refractivity contribution in [3.05, 3.63) is 50.9 Å². The second-order valence-electron chi connectivity index (χ2n) is 7.68. The summed E-state index contributed by atoms with van der Waals surface area (Å²) < 4.78 is 0. The highest BCUT2D eigenvalue weighted by atomic mass is 35.5. The van der Waals surface area contributed by atoms with Gasteiger partial charge in [0.25, 0.3) is 17.4 Å². The third-order valence-corrected chi connectivity index (χ3v) is 6.35. The molecule has 2 aliphatic heterocycles. The maximum absolute atomic E-state index is 13.1. The Kier molecular flexibility index (Phi) is 7.00. The fraction of sp³-hybridized carbons (Fsp3) is 0.333. The van der Waals surface area contributed by atoms with E-state index in [1.54, 1.807) is 18.2 Å². The van der Waals surface area contributed by atoms with Crippen molar-refractivity contribution in [3.8, 4) is 11.4 Å². The summed E-state index contributed by atoms with van der Waals surface area (Å²) >= 11 is 6.17. The molecule has 0 aliphatic carbocycles. The Morgan fingerprint density at radius 3 is 2.38 bits per heavy atom. The van der Waals surface area contributed by atoms with Crippen molar-refractivity contribution in [1.82, 2.24) is 24.8 Å². The molecular formula is C21H22Cl3N5O3. The normalized spacial score (nSPS) is 16.8. The molecule has 0 bridgehead atoms. The number of carbonyl (C=O) groups is 2. The first-order valence-electron chi connectivity index (χ1n) is 9.99. The molecule has 170 valence electrons. The molecule has 0 unspecified atom stereocenters. The van der Waals surface area contributed by atoms with Crippen LogP contribution in [0.1, 0.15) is 40.5 Å². The van der Waals surface area contributed by atoms with E-state index in [1.165, 1.54) is 11.1 Å². The number of hydrogen-bond acceptors (Lipinski definition) is 5. The second-order valence-corrected chi connectivity index (χ2v) is 8.08. The van der Waals surface area contributed by atoms with Crippen LogP contribution in [0.25, 0.3) is 22.4 Å². The zero-order valence-corrected chi connectivity index (χ0v) is 19.6. The molecule has 8 nitrogen and oxygen atoms in total. The predicted molar refractivity (Wildman–Crippen MR) is 127 cm³/mol. The highest BCUT2D eigenvalue weighted by Crippen LogP contribution is 2.32. The van der Waals surface area contributed by atoms with Crippen molar-refractivity contribution in [2.24, 2.45) is 0 Å². The molecule has 0 atom stereocenters. The Balaban J connectivity index is 0.00000144. The van der Waals surface area contributed by atoms with Crippen LogP contribution in [-0.4, -0.2) is 62.2 Å². The van der Waals surface area contributed by atoms with Gasteiger partial charge in [0.2, 0.25) is 0 Å². The zero-order valence-electron chi connectivity index (χ0n) is 17.2. The minimum absolute atomic E-state index is 0. The van der Waals surface area contributed by atoms with Crippen molar-refractivity contribution in [1.29, 1.82) is 0 Å². The van der Waals surface area contributed by atoms with Crippen LogP contribution in [0.15, 0.2) is 29.2 Å². The number of imidazole rings is 1. The lowest BCUT2D eigenvalue weighted by Gasteiger charge is -2.35. The van der Waals surface area contributed by atoms with E-state index < -0.39 is 0 Å². The zero-order chi connectivity index (χ0) is 21.0. The molecule has 11 heteroatoms. The first-order valence-corrected chi connectivity index (χ1v) is 10.4. The second kappa shape index (κ2) is 9.23. The van der Waals surface area contributed by atoms with Crippen LogP contribution in [0, 0.1) is 0 Å². The third-order valence-electron chi connectivity index (χ3n) is 6.04. The molecule has 3 aromatic rings. The minimum Gasteiger partial charge on any atom is -0.338 e. The number of benzene rings is 1. The molecule has 32 heavy (non-hydrogen) atoms. The van der Waals surface area contributed by atoms with Gasteiger partial charge >= 0.3 is 0 Å².